The molecule has 0 amide bonds. The third-order valence-electron chi connectivity index (χ3n) is 1.97. The Morgan fingerprint density at radius 2 is 2.70 bits per heavy atom. The summed E-state index contributed by atoms with van der Waals surface area (Å²) in [6.07, 6.45) is 1.86. The van der Waals surface area contributed by atoms with Gasteiger partial charge in [-0.3, -0.25) is 4.68 Å². The molecule has 0 saturated heterocycles. The molecular formula is C7H11N3. The van der Waals surface area contributed by atoms with Crippen LogP contribution < -0.4 is 5.32 Å². The lowest BCUT2D eigenvalue weighted by Crippen LogP contribution is -2.31. The average molecular weight is 137 g/mol. The summed E-state index contributed by atoms with van der Waals surface area (Å²) >= 11 is 0. The zero-order chi connectivity index (χ0) is 6.97. The Morgan fingerprint density at radius 3 is 3.50 bits per heavy atom. The largest absolute Gasteiger partial charge is 0.307 e. The Bertz CT molecular complexity index is 229. The van der Waals surface area contributed by atoms with E-state index >= 15 is 0 Å². The van der Waals surface area contributed by atoms with Gasteiger partial charge in [0.15, 0.2) is 0 Å². The van der Waals surface area contributed by atoms with Gasteiger partial charge in [-0.05, 0) is 13.0 Å². The molecule has 0 fully saturated rings. The second-order valence-corrected chi connectivity index (χ2v) is 2.66. The Labute approximate surface area is 60.0 Å². The van der Waals surface area contributed by atoms with Crippen molar-refractivity contribution < 1.29 is 0 Å². The van der Waals surface area contributed by atoms with Crippen LogP contribution in [0.5, 0.6) is 0 Å². The molecule has 1 aromatic heterocycles. The smallest absolute Gasteiger partial charge is 0.0551 e. The number of nitrogens with zero attached hydrogens (tertiary/aromatic N) is 2. The molecular weight excluding hydrogens is 126 g/mol. The molecule has 0 unspecified atom stereocenters. The van der Waals surface area contributed by atoms with Gasteiger partial charge in [-0.2, -0.15) is 5.10 Å². The second kappa shape index (κ2) is 2.09. The Balaban J connectivity index is 2.41. The van der Waals surface area contributed by atoms with Crippen LogP contribution in [0, 0.1) is 0 Å². The van der Waals surface area contributed by atoms with E-state index in [1.54, 1.807) is 0 Å². The molecule has 1 aliphatic rings. The number of aromatic nitrogens is 2. The van der Waals surface area contributed by atoms with Crippen molar-refractivity contribution in [2.75, 3.05) is 6.54 Å². The monoisotopic (exact) mass is 137 g/mol. The molecule has 0 bridgehead atoms. The Kier molecular flexibility index (Phi) is 1.24. The molecule has 2 rings (SSSR count). The summed E-state index contributed by atoms with van der Waals surface area (Å²) in [7, 11) is 0. The lowest BCUT2D eigenvalue weighted by Gasteiger charge is -2.21. The summed E-state index contributed by atoms with van der Waals surface area (Å²) in [4.78, 5) is 0. The fraction of sp³-hybridized carbons (Fsp3) is 0.571. The van der Waals surface area contributed by atoms with Crippen LogP contribution in [0.2, 0.25) is 0 Å². The minimum absolute atomic E-state index is 0.469. The van der Waals surface area contributed by atoms with Gasteiger partial charge in [-0.1, -0.05) is 0 Å². The van der Waals surface area contributed by atoms with Crippen molar-refractivity contribution >= 4 is 0 Å². The van der Waals surface area contributed by atoms with E-state index in [1.165, 1.54) is 5.69 Å². The number of rotatable bonds is 0. The maximum absolute atomic E-state index is 4.18. The quantitative estimate of drug-likeness (QED) is 0.566. The van der Waals surface area contributed by atoms with E-state index in [0.29, 0.717) is 6.04 Å². The summed E-state index contributed by atoms with van der Waals surface area (Å²) in [5.41, 5.74) is 1.30. The SMILES string of the molecule is C[C@H]1NCCn2nccc21. The topological polar surface area (TPSA) is 29.9 Å². The van der Waals surface area contributed by atoms with E-state index in [4.69, 9.17) is 0 Å². The maximum atomic E-state index is 4.18. The van der Waals surface area contributed by atoms with Gasteiger partial charge in [-0.15, -0.1) is 0 Å². The number of fused-ring (bicyclic) bond motifs is 1. The average Bonchev–Trinajstić information content (AvgIpc) is 2.36. The highest BCUT2D eigenvalue weighted by atomic mass is 15.3. The lowest BCUT2D eigenvalue weighted by molar-refractivity contribution is 0.419. The highest BCUT2D eigenvalue weighted by Crippen LogP contribution is 2.13. The minimum atomic E-state index is 0.469. The molecule has 0 spiro atoms. The van der Waals surface area contributed by atoms with Gasteiger partial charge in [-0.25, -0.2) is 0 Å². The first kappa shape index (κ1) is 5.92. The van der Waals surface area contributed by atoms with Crippen LogP contribution in [-0.2, 0) is 6.54 Å². The first-order valence-corrected chi connectivity index (χ1v) is 3.63. The van der Waals surface area contributed by atoms with E-state index in [1.807, 2.05) is 6.20 Å². The molecule has 1 atom stereocenters. The van der Waals surface area contributed by atoms with E-state index < -0.39 is 0 Å². The summed E-state index contributed by atoms with van der Waals surface area (Å²) in [6.45, 7) is 4.20. The number of nitrogens with one attached hydrogen (secondary N) is 1. The Hall–Kier alpha value is -0.830. The van der Waals surface area contributed by atoms with Gasteiger partial charge in [0, 0.05) is 18.8 Å². The molecule has 3 nitrogen and oxygen atoms in total. The van der Waals surface area contributed by atoms with Crippen molar-refractivity contribution in [2.24, 2.45) is 0 Å². The summed E-state index contributed by atoms with van der Waals surface area (Å²) in [6, 6.07) is 2.54. The summed E-state index contributed by atoms with van der Waals surface area (Å²) in [5.74, 6) is 0. The maximum Gasteiger partial charge on any atom is 0.0551 e. The zero-order valence-corrected chi connectivity index (χ0v) is 6.04. The molecule has 0 saturated carbocycles. The van der Waals surface area contributed by atoms with Crippen molar-refractivity contribution in [1.82, 2.24) is 15.1 Å². The van der Waals surface area contributed by atoms with E-state index in [9.17, 15) is 0 Å². The normalized spacial score (nSPS) is 24.3. The van der Waals surface area contributed by atoms with E-state index in [2.05, 4.69) is 28.1 Å². The molecule has 10 heavy (non-hydrogen) atoms. The van der Waals surface area contributed by atoms with Crippen LogP contribution in [0.1, 0.15) is 18.7 Å². The van der Waals surface area contributed by atoms with Gasteiger partial charge in [0.25, 0.3) is 0 Å². The van der Waals surface area contributed by atoms with Crippen molar-refractivity contribution in [3.63, 3.8) is 0 Å². The summed E-state index contributed by atoms with van der Waals surface area (Å²) in [5, 5.41) is 7.55. The van der Waals surface area contributed by atoms with Crippen molar-refractivity contribution in [3.8, 4) is 0 Å². The standard InChI is InChI=1S/C7H11N3/c1-6-7-2-3-9-10(7)5-4-8-6/h2-3,6,8H,4-5H2,1H3/t6-/m1/s1. The molecule has 0 aliphatic carbocycles. The first-order chi connectivity index (χ1) is 4.88. The van der Waals surface area contributed by atoms with Crippen LogP contribution in [0.4, 0.5) is 0 Å². The van der Waals surface area contributed by atoms with Crippen LogP contribution >= 0.6 is 0 Å². The predicted molar refractivity (Wildman–Crippen MR) is 38.6 cm³/mol. The van der Waals surface area contributed by atoms with Gasteiger partial charge >= 0.3 is 0 Å². The third-order valence-corrected chi connectivity index (χ3v) is 1.97. The lowest BCUT2D eigenvalue weighted by atomic mass is 10.2. The molecule has 1 N–H and O–H groups in total. The van der Waals surface area contributed by atoms with Crippen molar-refractivity contribution in [1.29, 1.82) is 0 Å². The molecule has 1 aromatic rings. The van der Waals surface area contributed by atoms with Gasteiger partial charge < -0.3 is 5.32 Å². The molecule has 2 heterocycles. The number of hydrogen-bond donors (Lipinski definition) is 1. The highest BCUT2D eigenvalue weighted by Gasteiger charge is 2.14. The predicted octanol–water partition coefficient (Wildman–Crippen LogP) is 0.547. The first-order valence-electron chi connectivity index (χ1n) is 3.63. The zero-order valence-electron chi connectivity index (χ0n) is 6.04. The molecule has 54 valence electrons. The van der Waals surface area contributed by atoms with Crippen molar-refractivity contribution in [2.45, 2.75) is 19.5 Å². The minimum Gasteiger partial charge on any atom is -0.307 e. The van der Waals surface area contributed by atoms with Crippen LogP contribution in [0.15, 0.2) is 12.3 Å². The van der Waals surface area contributed by atoms with Crippen LogP contribution in [-0.4, -0.2) is 16.3 Å². The fourth-order valence-corrected chi connectivity index (χ4v) is 1.39. The van der Waals surface area contributed by atoms with Gasteiger partial charge in [0.2, 0.25) is 0 Å². The van der Waals surface area contributed by atoms with Gasteiger partial charge in [0.05, 0.1) is 12.2 Å². The Morgan fingerprint density at radius 1 is 1.80 bits per heavy atom. The second-order valence-electron chi connectivity index (χ2n) is 2.66. The summed E-state index contributed by atoms with van der Waals surface area (Å²) < 4.78 is 2.06. The fourth-order valence-electron chi connectivity index (χ4n) is 1.39. The van der Waals surface area contributed by atoms with Gasteiger partial charge in [0.1, 0.15) is 0 Å². The molecule has 0 aromatic carbocycles. The number of hydrogen-bond acceptors (Lipinski definition) is 2. The molecule has 0 radical (unpaired) electrons. The van der Waals surface area contributed by atoms with E-state index in [-0.39, 0.29) is 0 Å². The third kappa shape index (κ3) is 0.743. The van der Waals surface area contributed by atoms with Crippen LogP contribution in [0.25, 0.3) is 0 Å². The van der Waals surface area contributed by atoms with E-state index in [0.717, 1.165) is 13.1 Å². The van der Waals surface area contributed by atoms with Crippen LogP contribution in [0.3, 0.4) is 0 Å². The molecule has 1 aliphatic heterocycles. The highest BCUT2D eigenvalue weighted by molar-refractivity contribution is 5.07. The molecule has 3 heteroatoms. The van der Waals surface area contributed by atoms with Crippen molar-refractivity contribution in [3.05, 3.63) is 18.0 Å².